The molecule has 0 aromatic carbocycles. The minimum Gasteiger partial charge on any atom is -0.462 e. The molecule has 1 atom stereocenters. The third-order valence-electron chi connectivity index (χ3n) is 16.3. The lowest BCUT2D eigenvalue weighted by atomic mass is 10.0. The van der Waals surface area contributed by atoms with Gasteiger partial charge in [0, 0.05) is 19.3 Å². The molecule has 0 aliphatic heterocycles. The van der Waals surface area contributed by atoms with Gasteiger partial charge in [-0.3, -0.25) is 14.4 Å². The largest absolute Gasteiger partial charge is 0.462 e. The number of ether oxygens (including phenoxy) is 3. The van der Waals surface area contributed by atoms with Gasteiger partial charge in [-0.1, -0.05) is 365 Å². The van der Waals surface area contributed by atoms with Gasteiger partial charge in [0.2, 0.25) is 0 Å². The number of hydrogen-bond acceptors (Lipinski definition) is 6. The lowest BCUT2D eigenvalue weighted by molar-refractivity contribution is -0.167. The molecule has 0 aliphatic carbocycles. The van der Waals surface area contributed by atoms with Crippen molar-refractivity contribution in [1.29, 1.82) is 0 Å². The molecule has 0 rings (SSSR count). The van der Waals surface area contributed by atoms with Crippen LogP contribution in [0.25, 0.3) is 0 Å². The summed E-state index contributed by atoms with van der Waals surface area (Å²) in [5.74, 6) is -0.855. The van der Waals surface area contributed by atoms with Crippen LogP contribution in [0.5, 0.6) is 0 Å². The van der Waals surface area contributed by atoms with E-state index in [9.17, 15) is 14.4 Å². The Hall–Kier alpha value is -2.63. The molecule has 0 N–H and O–H groups in total. The molecule has 0 bridgehead atoms. The van der Waals surface area contributed by atoms with Crippen LogP contribution in [0.1, 0.15) is 393 Å². The van der Waals surface area contributed by atoms with E-state index in [-0.39, 0.29) is 31.1 Å². The molecule has 0 aromatic heterocycles. The maximum atomic E-state index is 12.9. The number of rotatable bonds is 67. The Kier molecular flexibility index (Phi) is 67.6. The lowest BCUT2D eigenvalue weighted by Crippen LogP contribution is -2.30. The number of hydrogen-bond donors (Lipinski definition) is 0. The quantitative estimate of drug-likeness (QED) is 0.0261. The third-order valence-corrected chi connectivity index (χ3v) is 16.3. The third kappa shape index (κ3) is 68.0. The molecule has 0 radical (unpaired) electrons. The normalized spacial score (nSPS) is 12.3. The highest BCUT2D eigenvalue weighted by atomic mass is 16.6. The Balaban J connectivity index is 4.02. The monoisotopic (exact) mass is 1140 g/mol. The highest BCUT2D eigenvalue weighted by molar-refractivity contribution is 5.71. The first-order valence-electron chi connectivity index (χ1n) is 36.1. The molecule has 0 amide bonds. The molecule has 81 heavy (non-hydrogen) atoms. The van der Waals surface area contributed by atoms with Crippen molar-refractivity contribution in [3.63, 3.8) is 0 Å². The Labute approximate surface area is 505 Å². The molecule has 0 heterocycles. The molecule has 0 fully saturated rings. The summed E-state index contributed by atoms with van der Waals surface area (Å²) in [4.78, 5) is 38.2. The maximum absolute atomic E-state index is 12.9. The standard InChI is InChI=1S/C75H138O6/c1-4-7-10-13-16-19-21-23-25-27-29-31-33-34-35-36-37-38-39-40-41-43-44-46-48-50-52-54-56-59-62-65-68-74(77)80-71-72(70-79-73(76)67-64-61-58-18-15-12-9-6-3)81-75(78)69-66-63-60-57-55-53-51-49-47-45-42-32-30-28-26-24-22-20-17-14-11-8-5-2/h8,11,17,20,24,26,30,32,72H,4-7,9-10,12-16,18-19,21-23,25,27-29,31,33-71H2,1-3H3/b11-8-,20-17-,26-24-,32-30-. The van der Waals surface area contributed by atoms with Gasteiger partial charge in [-0.15, -0.1) is 0 Å². The topological polar surface area (TPSA) is 78.9 Å². The van der Waals surface area contributed by atoms with Gasteiger partial charge >= 0.3 is 17.9 Å². The van der Waals surface area contributed by atoms with Crippen LogP contribution >= 0.6 is 0 Å². The summed E-state index contributed by atoms with van der Waals surface area (Å²) in [6.45, 7) is 6.56. The minimum absolute atomic E-state index is 0.0698. The van der Waals surface area contributed by atoms with E-state index in [1.807, 2.05) is 0 Å². The first-order valence-corrected chi connectivity index (χ1v) is 36.1. The summed E-state index contributed by atoms with van der Waals surface area (Å²) >= 11 is 0. The van der Waals surface area contributed by atoms with Crippen LogP contribution in [0.2, 0.25) is 0 Å². The van der Waals surface area contributed by atoms with Gasteiger partial charge in [0.25, 0.3) is 0 Å². The maximum Gasteiger partial charge on any atom is 0.306 e. The van der Waals surface area contributed by atoms with Crippen molar-refractivity contribution in [2.75, 3.05) is 13.2 Å². The number of esters is 3. The predicted octanol–water partition coefficient (Wildman–Crippen LogP) is 24.9. The number of allylic oxidation sites excluding steroid dienone is 8. The molecule has 0 saturated heterocycles. The smallest absolute Gasteiger partial charge is 0.306 e. The fraction of sp³-hybridized carbons (Fsp3) is 0.853. The predicted molar refractivity (Wildman–Crippen MR) is 353 cm³/mol. The van der Waals surface area contributed by atoms with Crippen molar-refractivity contribution in [3.8, 4) is 0 Å². The van der Waals surface area contributed by atoms with E-state index in [0.29, 0.717) is 19.3 Å². The van der Waals surface area contributed by atoms with E-state index in [2.05, 4.69) is 69.4 Å². The second-order valence-electron chi connectivity index (χ2n) is 24.5. The Morgan fingerprint density at radius 2 is 0.481 bits per heavy atom. The van der Waals surface area contributed by atoms with Gasteiger partial charge in [0.15, 0.2) is 6.10 Å². The average Bonchev–Trinajstić information content (AvgIpc) is 3.47. The first-order chi connectivity index (χ1) is 40.0. The van der Waals surface area contributed by atoms with Gasteiger partial charge in [-0.05, 0) is 57.8 Å². The molecule has 0 saturated carbocycles. The van der Waals surface area contributed by atoms with Crippen LogP contribution < -0.4 is 0 Å². The van der Waals surface area contributed by atoms with E-state index in [4.69, 9.17) is 14.2 Å². The summed E-state index contributed by atoms with van der Waals surface area (Å²) in [6, 6.07) is 0. The van der Waals surface area contributed by atoms with E-state index in [0.717, 1.165) is 83.5 Å². The molecule has 474 valence electrons. The molecule has 0 spiro atoms. The Bertz CT molecular complexity index is 1400. The molecule has 6 heteroatoms. The van der Waals surface area contributed by atoms with Crippen molar-refractivity contribution in [3.05, 3.63) is 48.6 Å². The van der Waals surface area contributed by atoms with Crippen LogP contribution in [0.15, 0.2) is 48.6 Å². The first kappa shape index (κ1) is 78.4. The molecule has 1 unspecified atom stereocenters. The van der Waals surface area contributed by atoms with Gasteiger partial charge in [-0.2, -0.15) is 0 Å². The van der Waals surface area contributed by atoms with Crippen LogP contribution in [0.4, 0.5) is 0 Å². The van der Waals surface area contributed by atoms with E-state index in [1.165, 1.54) is 270 Å². The lowest BCUT2D eigenvalue weighted by Gasteiger charge is -2.18. The minimum atomic E-state index is -0.772. The molecular formula is C75H138O6. The van der Waals surface area contributed by atoms with Crippen LogP contribution in [-0.2, 0) is 28.6 Å². The average molecular weight is 1140 g/mol. The Morgan fingerprint density at radius 3 is 0.753 bits per heavy atom. The van der Waals surface area contributed by atoms with E-state index >= 15 is 0 Å². The van der Waals surface area contributed by atoms with Gasteiger partial charge in [-0.25, -0.2) is 0 Å². The molecular weight excluding hydrogens is 997 g/mol. The van der Waals surface area contributed by atoms with E-state index in [1.54, 1.807) is 0 Å². The van der Waals surface area contributed by atoms with Crippen molar-refractivity contribution >= 4 is 17.9 Å². The zero-order valence-electron chi connectivity index (χ0n) is 54.6. The van der Waals surface area contributed by atoms with Crippen LogP contribution in [0.3, 0.4) is 0 Å². The summed E-state index contributed by atoms with van der Waals surface area (Å²) < 4.78 is 16.9. The summed E-state index contributed by atoms with van der Waals surface area (Å²) in [5, 5.41) is 0. The second kappa shape index (κ2) is 69.9. The zero-order valence-corrected chi connectivity index (χ0v) is 54.6. The fourth-order valence-corrected chi connectivity index (χ4v) is 11.0. The van der Waals surface area contributed by atoms with Crippen molar-refractivity contribution < 1.29 is 28.6 Å². The van der Waals surface area contributed by atoms with Crippen LogP contribution in [0, 0.1) is 0 Å². The van der Waals surface area contributed by atoms with Gasteiger partial charge < -0.3 is 14.2 Å². The molecule has 0 aromatic rings. The molecule has 0 aliphatic rings. The van der Waals surface area contributed by atoms with Crippen molar-refractivity contribution in [1.82, 2.24) is 0 Å². The Morgan fingerprint density at radius 1 is 0.259 bits per heavy atom. The number of carbonyl (C=O) groups is 3. The van der Waals surface area contributed by atoms with Crippen molar-refractivity contribution in [2.45, 2.75) is 399 Å². The highest BCUT2D eigenvalue weighted by Gasteiger charge is 2.19. The van der Waals surface area contributed by atoms with E-state index < -0.39 is 6.10 Å². The summed E-state index contributed by atoms with van der Waals surface area (Å²) in [5.41, 5.74) is 0. The number of carbonyl (C=O) groups excluding carboxylic acids is 3. The fourth-order valence-electron chi connectivity index (χ4n) is 11.0. The zero-order chi connectivity index (χ0) is 58.5. The SMILES string of the molecule is CC/C=C\C/C=C\C/C=C\C/C=C\CCCCCCCCCCCCC(=O)OC(COC(=O)CCCCCCCCCC)COC(=O)CCCCCCCCCCCCCCCCCCCCCCCCCCCCCCCCCC. The summed E-state index contributed by atoms with van der Waals surface area (Å²) in [7, 11) is 0. The second-order valence-corrected chi connectivity index (χ2v) is 24.5. The van der Waals surface area contributed by atoms with Crippen LogP contribution in [-0.4, -0.2) is 37.2 Å². The van der Waals surface area contributed by atoms with Crippen molar-refractivity contribution in [2.24, 2.45) is 0 Å². The van der Waals surface area contributed by atoms with Gasteiger partial charge in [0.05, 0.1) is 0 Å². The highest BCUT2D eigenvalue weighted by Crippen LogP contribution is 2.19. The molecule has 6 nitrogen and oxygen atoms in total. The summed E-state index contributed by atoms with van der Waals surface area (Å²) in [6.07, 6.45) is 89.0. The number of unbranched alkanes of at least 4 members (excludes halogenated alkanes) is 48. The van der Waals surface area contributed by atoms with Gasteiger partial charge in [0.1, 0.15) is 13.2 Å².